The van der Waals surface area contributed by atoms with E-state index in [4.69, 9.17) is 14.1 Å². The number of carbonyl (C=O) groups is 1. The number of likely N-dealkylation sites (tertiary alicyclic amines) is 1. The summed E-state index contributed by atoms with van der Waals surface area (Å²) in [5.74, 6) is 1.09. The van der Waals surface area contributed by atoms with Crippen LogP contribution in [0, 0.1) is 10.1 Å². The molecule has 0 bridgehead atoms. The first-order valence-corrected chi connectivity index (χ1v) is 10.6. The second kappa shape index (κ2) is 8.38. The summed E-state index contributed by atoms with van der Waals surface area (Å²) in [4.78, 5) is 29.9. The third-order valence-electron chi connectivity index (χ3n) is 5.93. The first kappa shape index (κ1) is 20.7. The Morgan fingerprint density at radius 2 is 1.91 bits per heavy atom. The Labute approximate surface area is 189 Å². The van der Waals surface area contributed by atoms with Crippen LogP contribution in [0.15, 0.2) is 71.1 Å². The van der Waals surface area contributed by atoms with Crippen LogP contribution in [-0.4, -0.2) is 34.4 Å². The monoisotopic (exact) mass is 443 g/mol. The van der Waals surface area contributed by atoms with Crippen molar-refractivity contribution in [2.75, 3.05) is 13.7 Å². The van der Waals surface area contributed by atoms with Gasteiger partial charge in [0.15, 0.2) is 5.58 Å². The summed E-state index contributed by atoms with van der Waals surface area (Å²) in [5, 5.41) is 10.9. The molecular formula is C25H21N3O5. The number of rotatable bonds is 5. The maximum atomic E-state index is 13.1. The fraction of sp³-hybridized carbons (Fsp3) is 0.200. The van der Waals surface area contributed by atoms with Crippen LogP contribution in [0.4, 0.5) is 5.69 Å². The van der Waals surface area contributed by atoms with Crippen LogP contribution >= 0.6 is 0 Å². The second-order valence-electron chi connectivity index (χ2n) is 7.93. The van der Waals surface area contributed by atoms with Crippen LogP contribution in [-0.2, 0) is 0 Å². The first-order chi connectivity index (χ1) is 16.0. The molecule has 8 heteroatoms. The fourth-order valence-electron chi connectivity index (χ4n) is 4.23. The summed E-state index contributed by atoms with van der Waals surface area (Å²) < 4.78 is 11.4. The highest BCUT2D eigenvalue weighted by atomic mass is 16.6. The lowest BCUT2D eigenvalue weighted by molar-refractivity contribution is -0.384. The molecule has 0 radical (unpaired) electrons. The summed E-state index contributed by atoms with van der Waals surface area (Å²) in [6.45, 7) is 0.578. The standard InChI is InChI=1S/C25H21N3O5/c1-32-20-5-2-4-17(14-20)18-9-12-23-21(15-18)26-24(33-23)22-6-3-13-27(22)25(29)16-7-10-19(11-8-16)28(30)31/h2,4-5,7-12,14-15,22H,3,6,13H2,1H3. The second-order valence-corrected chi connectivity index (χ2v) is 7.93. The van der Waals surface area contributed by atoms with Crippen LogP contribution < -0.4 is 4.74 Å². The highest BCUT2D eigenvalue weighted by molar-refractivity contribution is 5.95. The molecule has 166 valence electrons. The van der Waals surface area contributed by atoms with E-state index < -0.39 is 4.92 Å². The number of carbonyl (C=O) groups excluding carboxylic acids is 1. The lowest BCUT2D eigenvalue weighted by Gasteiger charge is -2.22. The predicted molar refractivity (Wildman–Crippen MR) is 122 cm³/mol. The zero-order valence-electron chi connectivity index (χ0n) is 17.9. The van der Waals surface area contributed by atoms with E-state index in [0.29, 0.717) is 23.6 Å². The van der Waals surface area contributed by atoms with E-state index in [9.17, 15) is 14.9 Å². The van der Waals surface area contributed by atoms with Crippen molar-refractivity contribution in [3.05, 3.63) is 88.3 Å². The van der Waals surface area contributed by atoms with Gasteiger partial charge in [0, 0.05) is 24.2 Å². The minimum Gasteiger partial charge on any atom is -0.497 e. The third-order valence-corrected chi connectivity index (χ3v) is 5.93. The van der Waals surface area contributed by atoms with E-state index in [0.717, 1.165) is 35.2 Å². The number of aromatic nitrogens is 1. The summed E-state index contributed by atoms with van der Waals surface area (Å²) >= 11 is 0. The third kappa shape index (κ3) is 3.91. The smallest absolute Gasteiger partial charge is 0.269 e. The number of benzene rings is 3. The van der Waals surface area contributed by atoms with Crippen molar-refractivity contribution in [2.24, 2.45) is 0 Å². The van der Waals surface area contributed by atoms with Crippen LogP contribution in [0.5, 0.6) is 5.75 Å². The number of hydrogen-bond donors (Lipinski definition) is 0. The molecule has 1 saturated heterocycles. The molecule has 3 aromatic carbocycles. The van der Waals surface area contributed by atoms with E-state index in [1.165, 1.54) is 24.3 Å². The normalized spacial score (nSPS) is 15.7. The molecule has 1 aromatic heterocycles. The fourth-order valence-corrected chi connectivity index (χ4v) is 4.23. The van der Waals surface area contributed by atoms with Gasteiger partial charge in [-0.15, -0.1) is 0 Å². The largest absolute Gasteiger partial charge is 0.497 e. The zero-order valence-corrected chi connectivity index (χ0v) is 17.9. The highest BCUT2D eigenvalue weighted by Gasteiger charge is 2.34. The number of ether oxygens (including phenoxy) is 1. The van der Waals surface area contributed by atoms with Gasteiger partial charge in [0.25, 0.3) is 11.6 Å². The van der Waals surface area contributed by atoms with Crippen molar-refractivity contribution in [1.82, 2.24) is 9.88 Å². The molecule has 33 heavy (non-hydrogen) atoms. The topological polar surface area (TPSA) is 98.7 Å². The van der Waals surface area contributed by atoms with Crippen molar-refractivity contribution in [1.29, 1.82) is 0 Å². The number of nitrogens with zero attached hydrogens (tertiary/aromatic N) is 3. The van der Waals surface area contributed by atoms with Gasteiger partial charge in [-0.05, 0) is 60.4 Å². The lowest BCUT2D eigenvalue weighted by atomic mass is 10.1. The zero-order chi connectivity index (χ0) is 22.9. The van der Waals surface area contributed by atoms with Crippen LogP contribution in [0.25, 0.3) is 22.2 Å². The van der Waals surface area contributed by atoms with Crippen molar-refractivity contribution in [2.45, 2.75) is 18.9 Å². The maximum absolute atomic E-state index is 13.1. The molecule has 8 nitrogen and oxygen atoms in total. The molecule has 1 fully saturated rings. The Morgan fingerprint density at radius 1 is 1.12 bits per heavy atom. The molecule has 1 unspecified atom stereocenters. The van der Waals surface area contributed by atoms with Crippen molar-refractivity contribution in [3.63, 3.8) is 0 Å². The molecule has 1 aliphatic heterocycles. The molecular weight excluding hydrogens is 422 g/mol. The molecule has 0 spiro atoms. The summed E-state index contributed by atoms with van der Waals surface area (Å²) in [6.07, 6.45) is 1.57. The number of fused-ring (bicyclic) bond motifs is 1. The Bertz CT molecular complexity index is 1350. The van der Waals surface area contributed by atoms with Gasteiger partial charge < -0.3 is 14.1 Å². The van der Waals surface area contributed by atoms with Gasteiger partial charge in [0.05, 0.1) is 12.0 Å². The number of methoxy groups -OCH3 is 1. The first-order valence-electron chi connectivity index (χ1n) is 10.6. The van der Waals surface area contributed by atoms with Crippen molar-refractivity contribution >= 4 is 22.7 Å². The van der Waals surface area contributed by atoms with E-state index in [1.807, 2.05) is 42.5 Å². The molecule has 0 saturated carbocycles. The van der Waals surface area contributed by atoms with E-state index in [1.54, 1.807) is 12.0 Å². The molecule has 5 rings (SSSR count). The van der Waals surface area contributed by atoms with E-state index in [2.05, 4.69) is 0 Å². The van der Waals surface area contributed by atoms with E-state index in [-0.39, 0.29) is 17.6 Å². The summed E-state index contributed by atoms with van der Waals surface area (Å²) in [5.41, 5.74) is 3.74. The van der Waals surface area contributed by atoms with Crippen molar-refractivity contribution in [3.8, 4) is 16.9 Å². The molecule has 2 heterocycles. The average molecular weight is 443 g/mol. The van der Waals surface area contributed by atoms with Gasteiger partial charge in [-0.25, -0.2) is 4.98 Å². The molecule has 4 aromatic rings. The van der Waals surface area contributed by atoms with Crippen LogP contribution in [0.3, 0.4) is 0 Å². The summed E-state index contributed by atoms with van der Waals surface area (Å²) in [7, 11) is 1.64. The SMILES string of the molecule is COc1cccc(-c2ccc3oc(C4CCCN4C(=O)c4ccc([N+](=O)[O-])cc4)nc3c2)c1. The Hall–Kier alpha value is -4.20. The lowest BCUT2D eigenvalue weighted by Crippen LogP contribution is -2.30. The van der Waals surface area contributed by atoms with E-state index >= 15 is 0 Å². The van der Waals surface area contributed by atoms with Gasteiger partial charge in [0.1, 0.15) is 17.3 Å². The van der Waals surface area contributed by atoms with Gasteiger partial charge in [0.2, 0.25) is 5.89 Å². The van der Waals surface area contributed by atoms with Crippen molar-refractivity contribution < 1.29 is 18.9 Å². The Kier molecular flexibility index (Phi) is 5.26. The number of amides is 1. The van der Waals surface area contributed by atoms with Gasteiger partial charge >= 0.3 is 0 Å². The number of oxazole rings is 1. The predicted octanol–water partition coefficient (Wildman–Crippen LogP) is 5.39. The number of nitro benzene ring substituents is 1. The quantitative estimate of drug-likeness (QED) is 0.303. The number of non-ortho nitro benzene ring substituents is 1. The van der Waals surface area contributed by atoms with Crippen LogP contribution in [0.1, 0.15) is 35.1 Å². The number of nitro groups is 1. The Balaban J connectivity index is 1.42. The Morgan fingerprint density at radius 3 is 2.67 bits per heavy atom. The van der Waals surface area contributed by atoms with Crippen LogP contribution in [0.2, 0.25) is 0 Å². The molecule has 0 N–H and O–H groups in total. The minimum absolute atomic E-state index is 0.0460. The van der Waals surface area contributed by atoms with Gasteiger partial charge in [-0.2, -0.15) is 0 Å². The van der Waals surface area contributed by atoms with Gasteiger partial charge in [-0.3, -0.25) is 14.9 Å². The molecule has 1 aliphatic rings. The minimum atomic E-state index is -0.481. The number of hydrogen-bond acceptors (Lipinski definition) is 6. The highest BCUT2D eigenvalue weighted by Crippen LogP contribution is 2.35. The molecule has 0 aliphatic carbocycles. The summed E-state index contributed by atoms with van der Waals surface area (Å²) in [6, 6.07) is 19.0. The van der Waals surface area contributed by atoms with Gasteiger partial charge in [-0.1, -0.05) is 18.2 Å². The molecule has 1 atom stereocenters. The molecule has 1 amide bonds. The maximum Gasteiger partial charge on any atom is 0.269 e. The average Bonchev–Trinajstić information content (AvgIpc) is 3.50.